The topological polar surface area (TPSA) is 113 Å². The third-order valence-electron chi connectivity index (χ3n) is 5.54. The highest BCUT2D eigenvalue weighted by Crippen LogP contribution is 2.25. The standard InChI is InChI=1S/C27H24ClN3O5S2/c1-37(33,34)31(19-21-7-5-6-10-26(21)28)24-15-11-20(12-16-24)27(32)29-22-13-17-25(18-14-22)38(35,36)30-23-8-3-2-4-9-23/h2-18,30H,19H2,1H3,(H,29,32). The molecule has 196 valence electrons. The Morgan fingerprint density at radius 3 is 1.97 bits per heavy atom. The van der Waals surface area contributed by atoms with Crippen molar-refractivity contribution < 1.29 is 21.6 Å². The number of anilines is 3. The van der Waals surface area contributed by atoms with Crippen LogP contribution in [0.15, 0.2) is 108 Å². The fourth-order valence-corrected chi connectivity index (χ4v) is 5.73. The van der Waals surface area contributed by atoms with Gasteiger partial charge < -0.3 is 5.32 Å². The highest BCUT2D eigenvalue weighted by Gasteiger charge is 2.20. The molecule has 0 fully saturated rings. The van der Waals surface area contributed by atoms with Crippen molar-refractivity contribution in [2.75, 3.05) is 20.6 Å². The Bertz CT molecular complexity index is 1640. The third-order valence-corrected chi connectivity index (χ3v) is 8.44. The molecule has 0 unspecified atom stereocenters. The van der Waals surface area contributed by atoms with Gasteiger partial charge in [-0.1, -0.05) is 48.0 Å². The molecule has 2 N–H and O–H groups in total. The van der Waals surface area contributed by atoms with Gasteiger partial charge in [0.1, 0.15) is 0 Å². The summed E-state index contributed by atoms with van der Waals surface area (Å²) < 4.78 is 53.8. The van der Waals surface area contributed by atoms with E-state index < -0.39 is 26.0 Å². The number of nitrogens with one attached hydrogen (secondary N) is 2. The monoisotopic (exact) mass is 569 g/mol. The second kappa shape index (κ2) is 11.3. The van der Waals surface area contributed by atoms with E-state index in [0.29, 0.717) is 33.2 Å². The Hall–Kier alpha value is -3.86. The summed E-state index contributed by atoms with van der Waals surface area (Å²) in [5, 5.41) is 3.16. The summed E-state index contributed by atoms with van der Waals surface area (Å²) in [4.78, 5) is 12.8. The molecule has 0 aliphatic rings. The van der Waals surface area contributed by atoms with Crippen LogP contribution in [0.25, 0.3) is 0 Å². The molecule has 0 radical (unpaired) electrons. The zero-order valence-electron chi connectivity index (χ0n) is 20.2. The van der Waals surface area contributed by atoms with Crippen molar-refractivity contribution in [3.05, 3.63) is 119 Å². The molecule has 0 spiro atoms. The second-order valence-electron chi connectivity index (χ2n) is 8.36. The van der Waals surface area contributed by atoms with E-state index >= 15 is 0 Å². The van der Waals surface area contributed by atoms with Gasteiger partial charge in [-0.3, -0.25) is 13.8 Å². The largest absolute Gasteiger partial charge is 0.322 e. The van der Waals surface area contributed by atoms with E-state index in [9.17, 15) is 21.6 Å². The van der Waals surface area contributed by atoms with Gasteiger partial charge >= 0.3 is 0 Å². The normalized spacial score (nSPS) is 11.5. The summed E-state index contributed by atoms with van der Waals surface area (Å²) in [6.45, 7) is 0.0401. The van der Waals surface area contributed by atoms with Gasteiger partial charge in [0.2, 0.25) is 10.0 Å². The van der Waals surface area contributed by atoms with Crippen molar-refractivity contribution in [2.24, 2.45) is 0 Å². The highest BCUT2D eigenvalue weighted by atomic mass is 35.5. The van der Waals surface area contributed by atoms with Gasteiger partial charge in [-0.25, -0.2) is 16.8 Å². The fourth-order valence-electron chi connectivity index (χ4n) is 3.60. The van der Waals surface area contributed by atoms with E-state index in [2.05, 4.69) is 10.0 Å². The summed E-state index contributed by atoms with van der Waals surface area (Å²) in [5.41, 5.74) is 2.15. The number of halogens is 1. The van der Waals surface area contributed by atoms with Crippen LogP contribution >= 0.6 is 11.6 Å². The lowest BCUT2D eigenvalue weighted by Crippen LogP contribution is -2.29. The summed E-state index contributed by atoms with van der Waals surface area (Å²) in [6.07, 6.45) is 1.10. The van der Waals surface area contributed by atoms with E-state index in [0.717, 1.165) is 6.26 Å². The Kier molecular flexibility index (Phi) is 8.05. The van der Waals surface area contributed by atoms with E-state index in [4.69, 9.17) is 11.6 Å². The van der Waals surface area contributed by atoms with Gasteiger partial charge in [0, 0.05) is 22.0 Å². The van der Waals surface area contributed by atoms with Crippen LogP contribution in [-0.4, -0.2) is 29.0 Å². The summed E-state index contributed by atoms with van der Waals surface area (Å²) in [7, 11) is -7.42. The van der Waals surface area contributed by atoms with Crippen molar-refractivity contribution in [1.29, 1.82) is 0 Å². The first-order valence-electron chi connectivity index (χ1n) is 11.3. The van der Waals surface area contributed by atoms with Crippen LogP contribution in [0, 0.1) is 0 Å². The lowest BCUT2D eigenvalue weighted by Gasteiger charge is -2.23. The summed E-state index contributed by atoms with van der Waals surface area (Å²) in [6, 6.07) is 27.3. The molecule has 0 bridgehead atoms. The molecule has 11 heteroatoms. The zero-order chi connectivity index (χ0) is 27.3. The van der Waals surface area contributed by atoms with Crippen molar-refractivity contribution in [1.82, 2.24) is 0 Å². The molecule has 38 heavy (non-hydrogen) atoms. The molecule has 8 nitrogen and oxygen atoms in total. The molecule has 4 aromatic carbocycles. The van der Waals surface area contributed by atoms with Crippen LogP contribution in [0.4, 0.5) is 17.1 Å². The van der Waals surface area contributed by atoms with Gasteiger partial charge in [0.05, 0.1) is 23.4 Å². The number of para-hydroxylation sites is 1. The molecular formula is C27H24ClN3O5S2. The quantitative estimate of drug-likeness (QED) is 0.282. The Balaban J connectivity index is 1.45. The maximum atomic E-state index is 12.8. The predicted molar refractivity (Wildman–Crippen MR) is 151 cm³/mol. The molecule has 0 aliphatic heterocycles. The number of rotatable bonds is 9. The third kappa shape index (κ3) is 6.71. The molecule has 0 atom stereocenters. The Morgan fingerprint density at radius 2 is 1.37 bits per heavy atom. The molecule has 4 rings (SSSR count). The van der Waals surface area contributed by atoms with Crippen molar-refractivity contribution in [2.45, 2.75) is 11.4 Å². The molecule has 0 aliphatic carbocycles. The number of sulfonamides is 2. The number of carbonyl (C=O) groups excluding carboxylic acids is 1. The summed E-state index contributed by atoms with van der Waals surface area (Å²) >= 11 is 6.21. The van der Waals surface area contributed by atoms with Crippen molar-refractivity contribution in [3.8, 4) is 0 Å². The van der Waals surface area contributed by atoms with Crippen LogP contribution < -0.4 is 14.3 Å². The van der Waals surface area contributed by atoms with Gasteiger partial charge in [0.15, 0.2) is 0 Å². The van der Waals surface area contributed by atoms with Crippen LogP contribution in [0.5, 0.6) is 0 Å². The van der Waals surface area contributed by atoms with E-state index in [1.54, 1.807) is 54.6 Å². The number of hydrogen-bond donors (Lipinski definition) is 2. The van der Waals surface area contributed by atoms with Gasteiger partial charge in [-0.15, -0.1) is 0 Å². The Morgan fingerprint density at radius 1 is 0.763 bits per heavy atom. The lowest BCUT2D eigenvalue weighted by molar-refractivity contribution is 0.102. The Labute approximate surface area is 227 Å². The van der Waals surface area contributed by atoms with E-state index in [1.807, 2.05) is 0 Å². The number of benzene rings is 4. The van der Waals surface area contributed by atoms with Crippen LogP contribution in [-0.2, 0) is 26.6 Å². The smallest absolute Gasteiger partial charge is 0.261 e. The second-order valence-corrected chi connectivity index (χ2v) is 12.4. The maximum Gasteiger partial charge on any atom is 0.261 e. The van der Waals surface area contributed by atoms with Gasteiger partial charge in [-0.05, 0) is 72.3 Å². The minimum absolute atomic E-state index is 0.0401. The van der Waals surface area contributed by atoms with Crippen molar-refractivity contribution >= 4 is 54.6 Å². The summed E-state index contributed by atoms with van der Waals surface area (Å²) in [5.74, 6) is -0.438. The average molecular weight is 570 g/mol. The first kappa shape index (κ1) is 27.2. The maximum absolute atomic E-state index is 12.8. The average Bonchev–Trinajstić information content (AvgIpc) is 2.88. The number of carbonyl (C=O) groups is 1. The molecule has 0 saturated carbocycles. The van der Waals surface area contributed by atoms with Gasteiger partial charge in [-0.2, -0.15) is 0 Å². The zero-order valence-corrected chi connectivity index (χ0v) is 22.6. The minimum atomic E-state index is -3.79. The molecule has 0 saturated heterocycles. The number of nitrogens with zero attached hydrogens (tertiary/aromatic N) is 1. The highest BCUT2D eigenvalue weighted by molar-refractivity contribution is 7.92. The SMILES string of the molecule is CS(=O)(=O)N(Cc1ccccc1Cl)c1ccc(C(=O)Nc2ccc(S(=O)(=O)Nc3ccccc3)cc2)cc1. The molecular weight excluding hydrogens is 546 g/mol. The van der Waals surface area contributed by atoms with Crippen molar-refractivity contribution in [3.63, 3.8) is 0 Å². The van der Waals surface area contributed by atoms with Crippen LogP contribution in [0.1, 0.15) is 15.9 Å². The molecule has 0 aromatic heterocycles. The first-order valence-corrected chi connectivity index (χ1v) is 15.0. The van der Waals surface area contributed by atoms with E-state index in [-0.39, 0.29) is 11.4 Å². The van der Waals surface area contributed by atoms with Gasteiger partial charge in [0.25, 0.3) is 15.9 Å². The first-order chi connectivity index (χ1) is 18.0. The van der Waals surface area contributed by atoms with Crippen LogP contribution in [0.3, 0.4) is 0 Å². The minimum Gasteiger partial charge on any atom is -0.322 e. The van der Waals surface area contributed by atoms with E-state index in [1.165, 1.54) is 52.8 Å². The molecule has 0 heterocycles. The number of amides is 1. The fraction of sp³-hybridized carbons (Fsp3) is 0.0741. The molecule has 4 aromatic rings. The lowest BCUT2D eigenvalue weighted by atomic mass is 10.1. The molecule has 1 amide bonds. The van der Waals surface area contributed by atoms with Crippen LogP contribution in [0.2, 0.25) is 5.02 Å². The predicted octanol–water partition coefficient (Wildman–Crippen LogP) is 5.36. The number of hydrogen-bond acceptors (Lipinski definition) is 5.